The predicted molar refractivity (Wildman–Crippen MR) is 110 cm³/mol. The molecular weight excluding hydrogens is 364 g/mol. The highest BCUT2D eigenvalue weighted by atomic mass is 16.5. The predicted octanol–water partition coefficient (Wildman–Crippen LogP) is 5.39. The van der Waals surface area contributed by atoms with E-state index in [0.29, 0.717) is 35.9 Å². The Bertz CT molecular complexity index is 1100. The van der Waals surface area contributed by atoms with Crippen molar-refractivity contribution in [2.45, 2.75) is 26.9 Å². The fourth-order valence-electron chi connectivity index (χ4n) is 3.17. The maximum absolute atomic E-state index is 13.1. The third kappa shape index (κ3) is 4.29. The minimum Gasteiger partial charge on any atom is -0.467 e. The molecule has 0 saturated carbocycles. The molecule has 0 aliphatic heterocycles. The summed E-state index contributed by atoms with van der Waals surface area (Å²) in [6.45, 7) is 4.82. The van der Waals surface area contributed by atoms with E-state index in [9.17, 15) is 4.79 Å². The Hall–Kier alpha value is -3.60. The second-order valence-corrected chi connectivity index (χ2v) is 7.09. The zero-order valence-electron chi connectivity index (χ0n) is 16.5. The molecule has 2 aromatic heterocycles. The molecule has 1 amide bonds. The van der Waals surface area contributed by atoms with Crippen molar-refractivity contribution in [3.05, 3.63) is 101 Å². The van der Waals surface area contributed by atoms with E-state index in [0.717, 1.165) is 5.56 Å². The highest BCUT2D eigenvalue weighted by Crippen LogP contribution is 2.24. The summed E-state index contributed by atoms with van der Waals surface area (Å²) in [4.78, 5) is 14.8. The van der Waals surface area contributed by atoms with E-state index >= 15 is 0 Å². The van der Waals surface area contributed by atoms with Gasteiger partial charge in [0, 0.05) is 17.2 Å². The second kappa shape index (κ2) is 8.19. The van der Waals surface area contributed by atoms with Gasteiger partial charge in [-0.25, -0.2) is 0 Å². The second-order valence-electron chi connectivity index (χ2n) is 7.09. The average Bonchev–Trinajstić information content (AvgIpc) is 3.42. The highest BCUT2D eigenvalue weighted by Gasteiger charge is 2.20. The van der Waals surface area contributed by atoms with E-state index < -0.39 is 0 Å². The van der Waals surface area contributed by atoms with Crippen molar-refractivity contribution in [3.63, 3.8) is 0 Å². The van der Waals surface area contributed by atoms with Crippen molar-refractivity contribution < 1.29 is 13.7 Å². The summed E-state index contributed by atoms with van der Waals surface area (Å²) >= 11 is 0. The van der Waals surface area contributed by atoms with Gasteiger partial charge in [0.15, 0.2) is 5.76 Å². The van der Waals surface area contributed by atoms with Crippen LogP contribution in [0.2, 0.25) is 0 Å². The minimum atomic E-state index is -0.0854. The molecule has 4 rings (SSSR count). The SMILES string of the molecule is Cc1ccc(-c2cc(CN(Cc3ccco3)C(=O)c3ccccc3)no2)cc1C. The Morgan fingerprint density at radius 2 is 1.76 bits per heavy atom. The summed E-state index contributed by atoms with van der Waals surface area (Å²) in [6.07, 6.45) is 1.61. The zero-order valence-corrected chi connectivity index (χ0v) is 16.5. The summed E-state index contributed by atoms with van der Waals surface area (Å²) < 4.78 is 11.0. The number of aromatic nitrogens is 1. The number of hydrogen-bond acceptors (Lipinski definition) is 4. The Labute approximate surface area is 169 Å². The lowest BCUT2D eigenvalue weighted by Crippen LogP contribution is -2.30. The van der Waals surface area contributed by atoms with Crippen LogP contribution in [0.4, 0.5) is 0 Å². The molecule has 0 spiro atoms. The minimum absolute atomic E-state index is 0.0854. The molecule has 5 nitrogen and oxygen atoms in total. The van der Waals surface area contributed by atoms with Crippen LogP contribution in [0.15, 0.2) is 81.9 Å². The maximum Gasteiger partial charge on any atom is 0.254 e. The van der Waals surface area contributed by atoms with Gasteiger partial charge in [-0.05, 0) is 55.3 Å². The van der Waals surface area contributed by atoms with E-state index in [1.165, 1.54) is 11.1 Å². The normalized spacial score (nSPS) is 10.8. The summed E-state index contributed by atoms with van der Waals surface area (Å²) in [7, 11) is 0. The van der Waals surface area contributed by atoms with Crippen LogP contribution in [0.3, 0.4) is 0 Å². The van der Waals surface area contributed by atoms with Crippen LogP contribution >= 0.6 is 0 Å². The van der Waals surface area contributed by atoms with Crippen LogP contribution in [0.1, 0.15) is 32.9 Å². The number of furan rings is 1. The van der Waals surface area contributed by atoms with Crippen LogP contribution in [-0.4, -0.2) is 16.0 Å². The van der Waals surface area contributed by atoms with Crippen LogP contribution in [0.5, 0.6) is 0 Å². The van der Waals surface area contributed by atoms with E-state index in [4.69, 9.17) is 8.94 Å². The van der Waals surface area contributed by atoms with Gasteiger partial charge in [-0.1, -0.05) is 35.5 Å². The first-order valence-corrected chi connectivity index (χ1v) is 9.50. The molecule has 0 radical (unpaired) electrons. The molecular formula is C24H22N2O3. The topological polar surface area (TPSA) is 59.5 Å². The largest absolute Gasteiger partial charge is 0.467 e. The summed E-state index contributed by atoms with van der Waals surface area (Å²) in [5.74, 6) is 1.32. The first kappa shape index (κ1) is 18.7. The number of hydrogen-bond donors (Lipinski definition) is 0. The molecule has 0 atom stereocenters. The van der Waals surface area contributed by atoms with Gasteiger partial charge in [-0.15, -0.1) is 0 Å². The van der Waals surface area contributed by atoms with Gasteiger partial charge in [0.1, 0.15) is 11.5 Å². The van der Waals surface area contributed by atoms with Gasteiger partial charge >= 0.3 is 0 Å². The first-order chi connectivity index (χ1) is 14.1. The summed E-state index contributed by atoms with van der Waals surface area (Å²) in [6, 6.07) is 20.9. The number of amides is 1. The average molecular weight is 386 g/mol. The van der Waals surface area contributed by atoms with Crippen molar-refractivity contribution >= 4 is 5.91 Å². The fourth-order valence-corrected chi connectivity index (χ4v) is 3.17. The molecule has 2 aromatic carbocycles. The molecule has 5 heteroatoms. The van der Waals surface area contributed by atoms with Crippen molar-refractivity contribution in [3.8, 4) is 11.3 Å². The highest BCUT2D eigenvalue weighted by molar-refractivity contribution is 5.94. The molecule has 4 aromatic rings. The van der Waals surface area contributed by atoms with Crippen LogP contribution in [0, 0.1) is 13.8 Å². The molecule has 146 valence electrons. The van der Waals surface area contributed by atoms with Crippen LogP contribution in [0.25, 0.3) is 11.3 Å². The summed E-state index contributed by atoms with van der Waals surface area (Å²) in [5.41, 5.74) is 4.70. The van der Waals surface area contributed by atoms with Crippen molar-refractivity contribution in [2.75, 3.05) is 0 Å². The standard InChI is InChI=1S/C24H22N2O3/c1-17-10-11-20(13-18(17)2)23-14-21(25-29-23)15-26(16-22-9-6-12-28-22)24(27)19-7-4-3-5-8-19/h3-14H,15-16H2,1-2H3. The molecule has 0 N–H and O–H groups in total. The van der Waals surface area contributed by atoms with Crippen LogP contribution < -0.4 is 0 Å². The van der Waals surface area contributed by atoms with Crippen molar-refractivity contribution in [2.24, 2.45) is 0 Å². The van der Waals surface area contributed by atoms with Gasteiger partial charge in [0.25, 0.3) is 5.91 Å². The first-order valence-electron chi connectivity index (χ1n) is 9.50. The van der Waals surface area contributed by atoms with Crippen molar-refractivity contribution in [1.82, 2.24) is 10.1 Å². The molecule has 2 heterocycles. The van der Waals surface area contributed by atoms with Gasteiger partial charge in [-0.2, -0.15) is 0 Å². The lowest BCUT2D eigenvalue weighted by Gasteiger charge is -2.20. The Morgan fingerprint density at radius 1 is 0.931 bits per heavy atom. The van der Waals surface area contributed by atoms with E-state index in [2.05, 4.69) is 31.1 Å². The molecule has 0 bridgehead atoms. The number of carbonyl (C=O) groups is 1. The molecule has 0 aliphatic carbocycles. The fraction of sp³-hybridized carbons (Fsp3) is 0.167. The molecule has 0 saturated heterocycles. The Balaban J connectivity index is 1.58. The van der Waals surface area contributed by atoms with Gasteiger partial charge in [0.2, 0.25) is 0 Å². The van der Waals surface area contributed by atoms with Gasteiger partial charge in [-0.3, -0.25) is 4.79 Å². The smallest absolute Gasteiger partial charge is 0.254 e. The maximum atomic E-state index is 13.1. The number of aryl methyl sites for hydroxylation is 2. The zero-order chi connectivity index (χ0) is 20.2. The molecule has 0 aliphatic rings. The van der Waals surface area contributed by atoms with E-state index in [-0.39, 0.29) is 5.91 Å². The monoisotopic (exact) mass is 386 g/mol. The molecule has 0 fully saturated rings. The lowest BCUT2D eigenvalue weighted by atomic mass is 10.0. The van der Waals surface area contributed by atoms with Gasteiger partial charge < -0.3 is 13.8 Å². The molecule has 29 heavy (non-hydrogen) atoms. The van der Waals surface area contributed by atoms with Gasteiger partial charge in [0.05, 0.1) is 19.4 Å². The third-order valence-electron chi connectivity index (χ3n) is 4.94. The number of rotatable bonds is 6. The van der Waals surface area contributed by atoms with E-state index in [1.54, 1.807) is 23.3 Å². The molecule has 0 unspecified atom stereocenters. The number of nitrogens with zero attached hydrogens (tertiary/aromatic N) is 2. The Kier molecular flexibility index (Phi) is 5.29. The summed E-state index contributed by atoms with van der Waals surface area (Å²) in [5, 5.41) is 4.19. The third-order valence-corrected chi connectivity index (χ3v) is 4.94. The number of benzene rings is 2. The number of carbonyl (C=O) groups excluding carboxylic acids is 1. The van der Waals surface area contributed by atoms with Crippen LogP contribution in [-0.2, 0) is 13.1 Å². The Morgan fingerprint density at radius 3 is 2.48 bits per heavy atom. The quantitative estimate of drug-likeness (QED) is 0.445. The van der Waals surface area contributed by atoms with E-state index in [1.807, 2.05) is 42.5 Å². The van der Waals surface area contributed by atoms with Crippen molar-refractivity contribution in [1.29, 1.82) is 0 Å². The lowest BCUT2D eigenvalue weighted by molar-refractivity contribution is 0.0714.